The Balaban J connectivity index is 2.38. The van der Waals surface area contributed by atoms with E-state index in [2.05, 4.69) is 52.1 Å². The average molecular weight is 397 g/mol. The van der Waals surface area contributed by atoms with Crippen LogP contribution < -0.4 is 0 Å². The number of ether oxygens (including phenoxy) is 1. The molecule has 28 heavy (non-hydrogen) atoms. The normalized spacial score (nSPS) is 12.7. The maximum Gasteiger partial charge on any atom is 0.338 e. The summed E-state index contributed by atoms with van der Waals surface area (Å²) in [5, 5.41) is 0.137. The molecule has 2 aromatic rings. The summed E-state index contributed by atoms with van der Waals surface area (Å²) in [6, 6.07) is 17.8. The van der Waals surface area contributed by atoms with Crippen molar-refractivity contribution in [2.75, 3.05) is 13.2 Å². The number of carbonyl (C=O) groups is 1. The quantitative estimate of drug-likeness (QED) is 0.307. The van der Waals surface area contributed by atoms with Gasteiger partial charge in [0, 0.05) is 0 Å². The van der Waals surface area contributed by atoms with Crippen LogP contribution in [0, 0.1) is 0 Å². The van der Waals surface area contributed by atoms with Gasteiger partial charge in [0.15, 0.2) is 8.32 Å². The Morgan fingerprint density at radius 2 is 1.64 bits per heavy atom. The van der Waals surface area contributed by atoms with Crippen LogP contribution in [0.5, 0.6) is 0 Å². The summed E-state index contributed by atoms with van der Waals surface area (Å²) in [5.74, 6) is -0.297. The highest BCUT2D eigenvalue weighted by Crippen LogP contribution is 2.37. The van der Waals surface area contributed by atoms with Crippen molar-refractivity contribution in [3.05, 3.63) is 71.3 Å². The first kappa shape index (κ1) is 22.1. The van der Waals surface area contributed by atoms with Crippen molar-refractivity contribution in [1.29, 1.82) is 0 Å². The van der Waals surface area contributed by atoms with Gasteiger partial charge in [-0.2, -0.15) is 0 Å². The molecule has 0 saturated heterocycles. The zero-order chi connectivity index (χ0) is 20.8. The largest absolute Gasteiger partial charge is 0.462 e. The average Bonchev–Trinajstić information content (AvgIpc) is 2.65. The van der Waals surface area contributed by atoms with Crippen LogP contribution in [-0.2, 0) is 9.16 Å². The number of esters is 1. The molecule has 0 N–H and O–H groups in total. The van der Waals surface area contributed by atoms with Crippen LogP contribution in [0.3, 0.4) is 0 Å². The van der Waals surface area contributed by atoms with Crippen LogP contribution in [0.15, 0.2) is 54.6 Å². The molecular weight excluding hydrogens is 364 g/mol. The van der Waals surface area contributed by atoms with Gasteiger partial charge in [-0.05, 0) is 60.0 Å². The number of benzene rings is 2. The first-order chi connectivity index (χ1) is 13.1. The van der Waals surface area contributed by atoms with E-state index in [0.29, 0.717) is 18.8 Å². The molecule has 2 rings (SSSR count). The second-order valence-electron chi connectivity index (χ2n) is 8.43. The topological polar surface area (TPSA) is 35.5 Å². The van der Waals surface area contributed by atoms with E-state index in [1.807, 2.05) is 43.3 Å². The monoisotopic (exact) mass is 396 g/mol. The van der Waals surface area contributed by atoms with Crippen LogP contribution in [0.2, 0.25) is 18.1 Å². The van der Waals surface area contributed by atoms with Gasteiger partial charge in [-0.15, -0.1) is 0 Å². The van der Waals surface area contributed by atoms with E-state index >= 15 is 0 Å². The second kappa shape index (κ2) is 9.35. The van der Waals surface area contributed by atoms with Gasteiger partial charge in [-0.1, -0.05) is 63.2 Å². The van der Waals surface area contributed by atoms with E-state index < -0.39 is 8.32 Å². The van der Waals surface area contributed by atoms with Crippen molar-refractivity contribution in [1.82, 2.24) is 0 Å². The minimum absolute atomic E-state index is 0.137. The molecule has 0 unspecified atom stereocenters. The summed E-state index contributed by atoms with van der Waals surface area (Å²) in [6.45, 7) is 13.9. The van der Waals surface area contributed by atoms with Crippen LogP contribution in [-0.4, -0.2) is 27.5 Å². The molecule has 0 bridgehead atoms. The number of carbonyl (C=O) groups excluding carboxylic acids is 1. The SMILES string of the molecule is CCOC(=O)c1cccc(C(=Cc2ccccc2)CO[Si](C)(C)C(C)(C)C)c1. The fourth-order valence-corrected chi connectivity index (χ4v) is 3.44. The highest BCUT2D eigenvalue weighted by Gasteiger charge is 2.37. The number of hydrogen-bond donors (Lipinski definition) is 0. The zero-order valence-corrected chi connectivity index (χ0v) is 18.9. The Labute approximate surface area is 170 Å². The van der Waals surface area contributed by atoms with Crippen molar-refractivity contribution in [2.45, 2.75) is 45.8 Å². The lowest BCUT2D eigenvalue weighted by molar-refractivity contribution is 0.0526. The van der Waals surface area contributed by atoms with E-state index in [1.165, 1.54) is 0 Å². The molecule has 150 valence electrons. The molecule has 0 heterocycles. The smallest absolute Gasteiger partial charge is 0.338 e. The van der Waals surface area contributed by atoms with Gasteiger partial charge >= 0.3 is 5.97 Å². The third-order valence-electron chi connectivity index (χ3n) is 5.28. The fraction of sp³-hybridized carbons (Fsp3) is 0.375. The maximum atomic E-state index is 12.2. The van der Waals surface area contributed by atoms with E-state index in [0.717, 1.165) is 16.7 Å². The molecule has 0 aliphatic heterocycles. The molecule has 0 radical (unpaired) electrons. The van der Waals surface area contributed by atoms with Gasteiger partial charge in [0.05, 0.1) is 18.8 Å². The van der Waals surface area contributed by atoms with E-state index in [-0.39, 0.29) is 11.0 Å². The molecule has 0 saturated carbocycles. The zero-order valence-electron chi connectivity index (χ0n) is 17.9. The molecule has 0 aliphatic rings. The van der Waals surface area contributed by atoms with Crippen molar-refractivity contribution in [3.63, 3.8) is 0 Å². The highest BCUT2D eigenvalue weighted by atomic mass is 28.4. The van der Waals surface area contributed by atoms with Gasteiger partial charge in [0.1, 0.15) is 0 Å². The number of hydrogen-bond acceptors (Lipinski definition) is 3. The van der Waals surface area contributed by atoms with Gasteiger partial charge in [-0.3, -0.25) is 0 Å². The lowest BCUT2D eigenvalue weighted by Crippen LogP contribution is -2.41. The standard InChI is InChI=1S/C24H32O3Si/c1-7-26-23(25)21-15-11-14-20(17-21)22(16-19-12-9-8-10-13-19)18-27-28(5,6)24(2,3)4/h8-17H,7,18H2,1-6H3. The Morgan fingerprint density at radius 3 is 2.25 bits per heavy atom. The van der Waals surface area contributed by atoms with Crippen molar-refractivity contribution in [2.24, 2.45) is 0 Å². The summed E-state index contributed by atoms with van der Waals surface area (Å²) in [6.07, 6.45) is 2.14. The maximum absolute atomic E-state index is 12.2. The minimum atomic E-state index is -1.90. The molecule has 0 aliphatic carbocycles. The minimum Gasteiger partial charge on any atom is -0.462 e. The molecule has 0 spiro atoms. The predicted molar refractivity (Wildman–Crippen MR) is 120 cm³/mol. The molecule has 0 amide bonds. The Hall–Kier alpha value is -2.17. The molecule has 2 aromatic carbocycles. The van der Waals surface area contributed by atoms with E-state index in [1.54, 1.807) is 6.07 Å². The second-order valence-corrected chi connectivity index (χ2v) is 13.2. The van der Waals surface area contributed by atoms with Gasteiger partial charge in [-0.25, -0.2) is 4.79 Å². The molecule has 4 heteroatoms. The van der Waals surface area contributed by atoms with E-state index in [4.69, 9.17) is 9.16 Å². The lowest BCUT2D eigenvalue weighted by Gasteiger charge is -2.36. The van der Waals surface area contributed by atoms with Crippen molar-refractivity contribution >= 4 is 25.9 Å². The third kappa shape index (κ3) is 5.91. The summed E-state index contributed by atoms with van der Waals surface area (Å²) in [5.41, 5.74) is 3.71. The fourth-order valence-electron chi connectivity index (χ4n) is 2.49. The molecule has 3 nitrogen and oxygen atoms in total. The van der Waals surface area contributed by atoms with E-state index in [9.17, 15) is 4.79 Å². The van der Waals surface area contributed by atoms with Crippen molar-refractivity contribution < 1.29 is 14.0 Å². The van der Waals surface area contributed by atoms with Crippen molar-refractivity contribution in [3.8, 4) is 0 Å². The van der Waals surface area contributed by atoms with Gasteiger partial charge in [0.2, 0.25) is 0 Å². The first-order valence-electron chi connectivity index (χ1n) is 9.81. The predicted octanol–water partition coefficient (Wildman–Crippen LogP) is 6.43. The lowest BCUT2D eigenvalue weighted by atomic mass is 10.0. The van der Waals surface area contributed by atoms with Crippen LogP contribution >= 0.6 is 0 Å². The number of rotatable bonds is 7. The Kier molecular flexibility index (Phi) is 7.39. The first-order valence-corrected chi connectivity index (χ1v) is 12.7. The molecule has 0 atom stereocenters. The van der Waals surface area contributed by atoms with Crippen LogP contribution in [0.1, 0.15) is 49.2 Å². The van der Waals surface area contributed by atoms with Crippen LogP contribution in [0.25, 0.3) is 11.6 Å². The van der Waals surface area contributed by atoms with Crippen LogP contribution in [0.4, 0.5) is 0 Å². The molecular formula is C24H32O3Si. The Morgan fingerprint density at radius 1 is 1.00 bits per heavy atom. The summed E-state index contributed by atoms with van der Waals surface area (Å²) < 4.78 is 11.6. The summed E-state index contributed by atoms with van der Waals surface area (Å²) in [7, 11) is -1.90. The Bertz CT molecular complexity index is 817. The highest BCUT2D eigenvalue weighted by molar-refractivity contribution is 6.74. The summed E-state index contributed by atoms with van der Waals surface area (Å²) >= 11 is 0. The molecule has 0 aromatic heterocycles. The van der Waals surface area contributed by atoms with Gasteiger partial charge < -0.3 is 9.16 Å². The molecule has 0 fully saturated rings. The third-order valence-corrected chi connectivity index (χ3v) is 9.76. The summed E-state index contributed by atoms with van der Waals surface area (Å²) in [4.78, 5) is 12.2. The van der Waals surface area contributed by atoms with Gasteiger partial charge in [0.25, 0.3) is 0 Å².